The summed E-state index contributed by atoms with van der Waals surface area (Å²) >= 11 is 17.7. The van der Waals surface area contributed by atoms with E-state index in [4.69, 9.17) is 45.8 Å². The molecule has 14 nitrogen and oxygen atoms in total. The Morgan fingerprint density at radius 1 is 0.411 bits per heavy atom. The first-order valence-corrected chi connectivity index (χ1v) is 40.3. The maximum atomic E-state index is 13.9. The van der Waals surface area contributed by atoms with Gasteiger partial charge in [0.2, 0.25) is 11.8 Å². The maximum absolute atomic E-state index is 13.9. The summed E-state index contributed by atoms with van der Waals surface area (Å²) in [7, 11) is -0.216. The van der Waals surface area contributed by atoms with Crippen molar-refractivity contribution in [2.24, 2.45) is 0 Å². The zero-order valence-electron chi connectivity index (χ0n) is 63.8. The van der Waals surface area contributed by atoms with Crippen LogP contribution in [0.25, 0.3) is 22.9 Å². The Hall–Kier alpha value is -8.32. The van der Waals surface area contributed by atoms with Crippen LogP contribution in [0.2, 0.25) is 10.4 Å². The van der Waals surface area contributed by atoms with Crippen LogP contribution in [-0.2, 0) is 9.31 Å². The lowest BCUT2D eigenvalue weighted by molar-refractivity contribution is 0.00578. The summed E-state index contributed by atoms with van der Waals surface area (Å²) in [5, 5.41) is 8.59. The van der Waals surface area contributed by atoms with E-state index < -0.39 is 70.8 Å². The molecular weight excluding hydrogens is 1610 g/mol. The van der Waals surface area contributed by atoms with Crippen molar-refractivity contribution in [3.8, 4) is 22.9 Å². The molecule has 0 spiro atoms. The summed E-state index contributed by atoms with van der Waals surface area (Å²) in [6.07, 6.45) is 18.8. The summed E-state index contributed by atoms with van der Waals surface area (Å²) in [5.74, 6) is -0.471. The van der Waals surface area contributed by atoms with E-state index in [1.807, 2.05) is 18.2 Å². The van der Waals surface area contributed by atoms with Crippen LogP contribution in [0.1, 0.15) is 277 Å². The topological polar surface area (TPSA) is 184 Å². The minimum absolute atomic E-state index is 0.00472. The summed E-state index contributed by atoms with van der Waals surface area (Å²) < 4.78 is 113. The molecule has 1 aliphatic heterocycles. The van der Waals surface area contributed by atoms with E-state index in [2.05, 4.69) is 145 Å². The monoisotopic (exact) mass is 1700 g/mol. The number of carbonyl (C=O) groups is 3. The molecule has 3 N–H and O–H groups in total. The number of hydrogen-bond acceptors (Lipinski definition) is 11. The Kier molecular flexibility index (Phi) is 24.8. The van der Waals surface area contributed by atoms with Crippen molar-refractivity contribution in [3.05, 3.63) is 266 Å². The average Bonchev–Trinajstić information content (AvgIpc) is 1.60. The van der Waals surface area contributed by atoms with Crippen LogP contribution < -0.4 is 21.4 Å². The third-order valence-electron chi connectivity index (χ3n) is 21.7. The second-order valence-corrected chi connectivity index (χ2v) is 34.1. The summed E-state index contributed by atoms with van der Waals surface area (Å²) in [6, 6.07) is 31.3. The number of carbonyl (C=O) groups excluding carboxylic acids is 3. The van der Waals surface area contributed by atoms with Crippen molar-refractivity contribution in [2.75, 3.05) is 0 Å². The van der Waals surface area contributed by atoms with E-state index in [-0.39, 0.29) is 57.4 Å². The van der Waals surface area contributed by atoms with Gasteiger partial charge in [0.05, 0.1) is 29.3 Å². The highest BCUT2D eigenvalue weighted by Crippen LogP contribution is 2.49. The fraction of sp³-hybridized carbons (Fsp3) is 0.379. The van der Waals surface area contributed by atoms with Gasteiger partial charge in [-0.1, -0.05) is 73.8 Å². The van der Waals surface area contributed by atoms with Crippen LogP contribution in [0.4, 0.5) is 26.3 Å². The van der Waals surface area contributed by atoms with Crippen LogP contribution in [0.15, 0.2) is 150 Å². The van der Waals surface area contributed by atoms with Crippen LogP contribution in [-0.4, -0.2) is 51.0 Å². The highest BCUT2D eigenvalue weighted by atomic mass is 79.9. The van der Waals surface area contributed by atoms with Gasteiger partial charge in [0.1, 0.15) is 53.7 Å². The molecule has 0 unspecified atom stereocenters. The SMILES string of the molecule is CC1(C)OB(c2cc(C3CC3)cc(C3CC3)c2)OC1(C)C.Cc1c(F)cc([C@@H](C)NC(=O)c2coc(-c3cc(C4CC4)cc(C4CC4)c3)n2)cc1F.Cc1c(F)cc([C@@H](C)NC(=O)c2coc(-c3cc(C4CC4)cc(C4CC4)c3)n2)cc1F.Cc1c(F)cc([C@@H](C)NC(=O)c2coc(Cl)n2)cc1F.Clc1cc(Br)cc(Br)c1. The first kappa shape index (κ1) is 81.7. The number of benzene rings is 7. The molecule has 6 saturated carbocycles. The van der Waals surface area contributed by atoms with Gasteiger partial charge in [-0.25, -0.2) is 36.3 Å². The van der Waals surface area contributed by atoms with Gasteiger partial charge in [0.25, 0.3) is 23.1 Å². The molecule has 7 fully saturated rings. The highest BCUT2D eigenvalue weighted by molar-refractivity contribution is 9.11. The lowest BCUT2D eigenvalue weighted by Gasteiger charge is -2.32. The summed E-state index contributed by atoms with van der Waals surface area (Å²) in [5.41, 5.74) is 11.9. The molecule has 3 aromatic heterocycles. The summed E-state index contributed by atoms with van der Waals surface area (Å²) in [6.45, 7) is 17.5. The predicted molar refractivity (Wildman–Crippen MR) is 427 cm³/mol. The van der Waals surface area contributed by atoms with E-state index in [1.165, 1.54) is 186 Å². The Bertz CT molecular complexity index is 4780. The highest BCUT2D eigenvalue weighted by Gasteiger charge is 2.52. The molecule has 7 aromatic carbocycles. The number of hydrogen-bond donors (Lipinski definition) is 3. The second-order valence-electron chi connectivity index (χ2n) is 31.5. The van der Waals surface area contributed by atoms with Crippen molar-refractivity contribution >= 4 is 85.4 Å². The third kappa shape index (κ3) is 20.6. The van der Waals surface area contributed by atoms with Crippen LogP contribution in [0.3, 0.4) is 0 Å². The molecular formula is C87H87BBr2Cl2F6N6O8. The van der Waals surface area contributed by atoms with Crippen molar-refractivity contribution in [2.45, 2.75) is 211 Å². The van der Waals surface area contributed by atoms with E-state index in [0.29, 0.717) is 52.1 Å². The molecule has 3 amide bonds. The Labute approximate surface area is 675 Å². The van der Waals surface area contributed by atoms with Crippen LogP contribution >= 0.6 is 55.1 Å². The number of nitrogens with one attached hydrogen (secondary N) is 3. The van der Waals surface area contributed by atoms with Gasteiger partial charge in [0, 0.05) is 41.8 Å². The molecule has 17 rings (SSSR count). The smallest absolute Gasteiger partial charge is 0.444 e. The van der Waals surface area contributed by atoms with Gasteiger partial charge in [-0.3, -0.25) is 14.4 Å². The fourth-order valence-corrected chi connectivity index (χ4v) is 15.0. The molecule has 6 aliphatic carbocycles. The Balaban J connectivity index is 0.000000128. The normalized spacial score (nSPS) is 17.4. The third-order valence-corrected chi connectivity index (χ3v) is 23.0. The predicted octanol–water partition coefficient (Wildman–Crippen LogP) is 23.4. The van der Waals surface area contributed by atoms with E-state index in [9.17, 15) is 40.7 Å². The average molecular weight is 1700 g/mol. The maximum Gasteiger partial charge on any atom is 0.494 e. The van der Waals surface area contributed by atoms with Crippen molar-refractivity contribution in [1.82, 2.24) is 30.9 Å². The van der Waals surface area contributed by atoms with Gasteiger partial charge in [-0.15, -0.1) is 0 Å². The van der Waals surface area contributed by atoms with Gasteiger partial charge >= 0.3 is 7.12 Å². The van der Waals surface area contributed by atoms with E-state index in [1.54, 1.807) is 20.8 Å². The summed E-state index contributed by atoms with van der Waals surface area (Å²) in [4.78, 5) is 49.5. The van der Waals surface area contributed by atoms with Gasteiger partial charge in [-0.2, -0.15) is 4.98 Å². The zero-order valence-corrected chi connectivity index (χ0v) is 68.5. The molecule has 0 bridgehead atoms. The molecule has 1 saturated heterocycles. The lowest BCUT2D eigenvalue weighted by Crippen LogP contribution is -2.41. The zero-order chi connectivity index (χ0) is 79.9. The van der Waals surface area contributed by atoms with Gasteiger partial charge in [-0.05, 0) is 328 Å². The quantitative estimate of drug-likeness (QED) is 0.0549. The van der Waals surface area contributed by atoms with Crippen molar-refractivity contribution in [3.63, 3.8) is 0 Å². The van der Waals surface area contributed by atoms with Crippen LogP contribution in [0.5, 0.6) is 0 Å². The standard InChI is InChI=1S/2C25H24F2N2O2.C18H25BO2.C13H11ClF2N2O2.C6H3Br2Cl/c2*1-13-21(26)10-17(11-22(13)27)14(2)28-24(30)23-12-31-25(29-23)20-8-18(15-3-4-15)7-19(9-20)16-5-6-16;1-17(2)18(3,4)21-19(20-17)16-10-14(12-5-6-12)9-15(11-16)13-7-8-13;1-6-9(15)3-8(4-10(6)16)7(2)17-12(19)11-5-20-13(14)18-11;7-4-1-5(8)3-6(9)2-4/h2*7-12,14-16H,3-6H2,1-2H3,(H,28,30);9-13H,5-8H2,1-4H3;3-5,7H,1-2H3,(H,17,19);1-3H/t2*14-;;7-;/m11.1./s1. The van der Waals surface area contributed by atoms with Gasteiger partial charge in [0.15, 0.2) is 17.1 Å². The molecule has 25 heteroatoms. The second kappa shape index (κ2) is 34.0. The fourth-order valence-electron chi connectivity index (χ4n) is 13.0. The lowest BCUT2D eigenvalue weighted by atomic mass is 9.76. The number of oxazole rings is 3. The number of aromatic nitrogens is 3. The van der Waals surface area contributed by atoms with Crippen LogP contribution in [0, 0.1) is 55.7 Å². The first-order valence-electron chi connectivity index (χ1n) is 37.9. The Morgan fingerprint density at radius 2 is 0.679 bits per heavy atom. The number of rotatable bonds is 18. The van der Waals surface area contributed by atoms with E-state index in [0.717, 1.165) is 43.2 Å². The molecule has 586 valence electrons. The number of halogens is 10. The minimum atomic E-state index is -0.662. The molecule has 7 aliphatic rings. The molecule has 4 heterocycles. The molecule has 3 atom stereocenters. The molecule has 112 heavy (non-hydrogen) atoms. The number of nitrogens with zero attached hydrogens (tertiary/aromatic N) is 3. The largest absolute Gasteiger partial charge is 0.494 e. The molecule has 10 aromatic rings. The van der Waals surface area contributed by atoms with Crippen molar-refractivity contribution in [1.29, 1.82) is 0 Å². The first-order chi connectivity index (χ1) is 53.2. The molecule has 0 radical (unpaired) electrons. The van der Waals surface area contributed by atoms with Gasteiger partial charge < -0.3 is 38.5 Å². The minimum Gasteiger partial charge on any atom is -0.444 e. The van der Waals surface area contributed by atoms with E-state index >= 15 is 0 Å². The Morgan fingerprint density at radius 3 is 0.938 bits per heavy atom. The van der Waals surface area contributed by atoms with Crippen molar-refractivity contribution < 1.29 is 63.3 Å². The number of amides is 3.